The van der Waals surface area contributed by atoms with Gasteiger partial charge in [-0.15, -0.1) is 0 Å². The first-order valence-corrected chi connectivity index (χ1v) is 16.1. The molecule has 0 saturated heterocycles. The average molecular weight is 615 g/mol. The number of aromatic nitrogens is 6. The maximum atomic E-state index is 5.25. The van der Waals surface area contributed by atoms with Gasteiger partial charge in [0.15, 0.2) is 0 Å². The number of nitrogens with zero attached hydrogens (tertiary/aromatic N) is 6. The third-order valence-electron chi connectivity index (χ3n) is 9.44. The van der Waals surface area contributed by atoms with Crippen molar-refractivity contribution in [1.82, 2.24) is 29.9 Å². The van der Waals surface area contributed by atoms with Gasteiger partial charge in [0.1, 0.15) is 0 Å². The van der Waals surface area contributed by atoms with E-state index in [0.717, 1.165) is 102 Å². The van der Waals surface area contributed by atoms with E-state index < -0.39 is 0 Å². The Morgan fingerprint density at radius 1 is 0.354 bits per heavy atom. The lowest BCUT2D eigenvalue weighted by atomic mass is 9.91. The third kappa shape index (κ3) is 4.34. The summed E-state index contributed by atoms with van der Waals surface area (Å²) in [6, 6.07) is 40.0. The topological polar surface area (TPSA) is 77.3 Å². The summed E-state index contributed by atoms with van der Waals surface area (Å²) in [4.78, 5) is 29.8. The molecule has 0 unspecified atom stereocenters. The molecule has 0 saturated carbocycles. The summed E-state index contributed by atoms with van der Waals surface area (Å²) in [5.74, 6) is 0. The number of fused-ring (bicyclic) bond motifs is 9. The Labute approximate surface area is 275 Å². The SMILES string of the molecule is c1cnc2c(c1)CCc1ccc(-c3cc(-c4ccc5ccc6cccnc6c5n4)cc(-c4ccc5ccc6cccnc6c5n4)c3)nc1-2. The zero-order chi connectivity index (χ0) is 31.6. The summed E-state index contributed by atoms with van der Waals surface area (Å²) in [5, 5.41) is 4.24. The number of hydrogen-bond donors (Lipinski definition) is 0. The standard InChI is InChI=1S/C42H26N6/c1-4-25-7-10-28-13-16-34(46-40(28)37(25)43-19-1)31-22-32(35-17-14-29-11-8-26-5-2-20-44-38(26)41(29)47-35)24-33(23-31)36-18-15-30-12-9-27-6-3-21-45-39(27)42(30)48-36/h1-8,10-11,13-24H,9,12H2. The lowest BCUT2D eigenvalue weighted by molar-refractivity contribution is 0.913. The number of aryl methyl sites for hydroxylation is 2. The summed E-state index contributed by atoms with van der Waals surface area (Å²) in [7, 11) is 0. The maximum Gasteiger partial charge on any atom is 0.0972 e. The molecule has 0 bridgehead atoms. The van der Waals surface area contributed by atoms with Crippen LogP contribution in [0.3, 0.4) is 0 Å². The van der Waals surface area contributed by atoms with Crippen molar-refractivity contribution < 1.29 is 0 Å². The van der Waals surface area contributed by atoms with E-state index in [1.807, 2.05) is 36.8 Å². The second-order valence-corrected chi connectivity index (χ2v) is 12.3. The minimum atomic E-state index is 0.863. The minimum Gasteiger partial charge on any atom is -0.254 e. The second kappa shape index (κ2) is 10.6. The van der Waals surface area contributed by atoms with Gasteiger partial charge in [-0.25, -0.2) is 15.0 Å². The highest BCUT2D eigenvalue weighted by molar-refractivity contribution is 6.04. The Hall–Kier alpha value is -6.40. The molecule has 0 amide bonds. The first-order chi connectivity index (χ1) is 23.7. The van der Waals surface area contributed by atoms with E-state index >= 15 is 0 Å². The van der Waals surface area contributed by atoms with E-state index in [4.69, 9.17) is 29.9 Å². The van der Waals surface area contributed by atoms with Crippen LogP contribution >= 0.6 is 0 Å². The summed E-state index contributed by atoms with van der Waals surface area (Å²) in [6.45, 7) is 0. The van der Waals surface area contributed by atoms with Crippen LogP contribution in [0.5, 0.6) is 0 Å². The predicted octanol–water partition coefficient (Wildman–Crippen LogP) is 9.44. The van der Waals surface area contributed by atoms with E-state index in [2.05, 4.69) is 97.1 Å². The summed E-state index contributed by atoms with van der Waals surface area (Å²) < 4.78 is 0. The largest absolute Gasteiger partial charge is 0.254 e. The zero-order valence-corrected chi connectivity index (χ0v) is 25.8. The molecule has 10 rings (SSSR count). The van der Waals surface area contributed by atoms with Crippen molar-refractivity contribution in [3.05, 3.63) is 145 Å². The fourth-order valence-electron chi connectivity index (χ4n) is 7.02. The van der Waals surface area contributed by atoms with Gasteiger partial charge >= 0.3 is 0 Å². The van der Waals surface area contributed by atoms with E-state index in [0.29, 0.717) is 0 Å². The van der Waals surface area contributed by atoms with Gasteiger partial charge in [-0.05, 0) is 78.6 Å². The molecule has 0 N–H and O–H groups in total. The van der Waals surface area contributed by atoms with Crippen LogP contribution < -0.4 is 0 Å². The number of hydrogen-bond acceptors (Lipinski definition) is 6. The van der Waals surface area contributed by atoms with E-state index in [-0.39, 0.29) is 0 Å². The normalized spacial score (nSPS) is 12.4. The van der Waals surface area contributed by atoms with Gasteiger partial charge in [0, 0.05) is 56.8 Å². The van der Waals surface area contributed by atoms with Gasteiger partial charge in [0.05, 0.1) is 50.5 Å². The Balaban J connectivity index is 1.20. The van der Waals surface area contributed by atoms with Gasteiger partial charge in [-0.2, -0.15) is 0 Å². The first kappa shape index (κ1) is 26.8. The van der Waals surface area contributed by atoms with Crippen LogP contribution in [0.2, 0.25) is 0 Å². The summed E-state index contributed by atoms with van der Waals surface area (Å²) in [5.41, 5.74) is 13.5. The van der Waals surface area contributed by atoms with Crippen LogP contribution in [0.15, 0.2) is 134 Å². The molecule has 6 nitrogen and oxygen atoms in total. The molecule has 0 atom stereocenters. The van der Waals surface area contributed by atoms with Gasteiger partial charge in [0.25, 0.3) is 0 Å². The van der Waals surface area contributed by atoms with Crippen molar-refractivity contribution in [3.63, 3.8) is 0 Å². The Morgan fingerprint density at radius 2 is 0.792 bits per heavy atom. The lowest BCUT2D eigenvalue weighted by Crippen LogP contribution is -2.07. The monoisotopic (exact) mass is 614 g/mol. The fourth-order valence-corrected chi connectivity index (χ4v) is 7.02. The molecule has 6 aromatic heterocycles. The molecule has 0 fully saturated rings. The van der Waals surface area contributed by atoms with Crippen molar-refractivity contribution in [2.24, 2.45) is 0 Å². The highest BCUT2D eigenvalue weighted by Crippen LogP contribution is 2.37. The van der Waals surface area contributed by atoms with Gasteiger partial charge < -0.3 is 0 Å². The quantitative estimate of drug-likeness (QED) is 0.185. The maximum absolute atomic E-state index is 5.25. The molecular weight excluding hydrogens is 589 g/mol. The van der Waals surface area contributed by atoms with E-state index in [1.165, 1.54) is 11.1 Å². The molecule has 6 heterocycles. The van der Waals surface area contributed by atoms with E-state index in [1.54, 1.807) is 0 Å². The molecule has 0 spiro atoms. The van der Waals surface area contributed by atoms with Gasteiger partial charge in [-0.3, -0.25) is 15.0 Å². The van der Waals surface area contributed by atoms with E-state index in [9.17, 15) is 0 Å². The molecule has 1 aliphatic rings. The molecular formula is C42H26N6. The summed E-state index contributed by atoms with van der Waals surface area (Å²) >= 11 is 0. The van der Waals surface area contributed by atoms with Crippen LogP contribution in [0.25, 0.3) is 88.8 Å². The molecule has 0 aliphatic heterocycles. The van der Waals surface area contributed by atoms with Gasteiger partial charge in [-0.1, -0.05) is 60.7 Å². The van der Waals surface area contributed by atoms with Crippen LogP contribution in [0.1, 0.15) is 11.1 Å². The minimum absolute atomic E-state index is 0.863. The number of pyridine rings is 6. The summed E-state index contributed by atoms with van der Waals surface area (Å²) in [6.07, 6.45) is 7.44. The number of benzene rings is 3. The van der Waals surface area contributed by atoms with Crippen LogP contribution in [0, 0.1) is 0 Å². The van der Waals surface area contributed by atoms with Crippen LogP contribution in [-0.4, -0.2) is 29.9 Å². The Morgan fingerprint density at radius 3 is 1.38 bits per heavy atom. The second-order valence-electron chi connectivity index (χ2n) is 12.3. The average Bonchev–Trinajstić information content (AvgIpc) is 3.17. The number of rotatable bonds is 3. The molecule has 1 aliphatic carbocycles. The Bertz CT molecular complexity index is 2620. The smallest absolute Gasteiger partial charge is 0.0972 e. The predicted molar refractivity (Wildman–Crippen MR) is 192 cm³/mol. The van der Waals surface area contributed by atoms with Crippen molar-refractivity contribution in [1.29, 1.82) is 0 Å². The van der Waals surface area contributed by atoms with Crippen molar-refractivity contribution in [2.75, 3.05) is 0 Å². The highest BCUT2D eigenvalue weighted by Gasteiger charge is 2.20. The molecule has 224 valence electrons. The molecule has 9 aromatic rings. The van der Waals surface area contributed by atoms with Crippen molar-refractivity contribution in [2.45, 2.75) is 12.8 Å². The highest BCUT2D eigenvalue weighted by atomic mass is 14.8. The molecule has 0 radical (unpaired) electrons. The van der Waals surface area contributed by atoms with Crippen molar-refractivity contribution >= 4 is 43.6 Å². The lowest BCUT2D eigenvalue weighted by Gasteiger charge is -2.19. The van der Waals surface area contributed by atoms with Crippen molar-refractivity contribution in [3.8, 4) is 45.2 Å². The molecule has 6 heteroatoms. The first-order valence-electron chi connectivity index (χ1n) is 16.1. The third-order valence-corrected chi connectivity index (χ3v) is 9.44. The molecule has 3 aromatic carbocycles. The zero-order valence-electron chi connectivity index (χ0n) is 25.8. The van der Waals surface area contributed by atoms with Crippen LogP contribution in [0.4, 0.5) is 0 Å². The van der Waals surface area contributed by atoms with Crippen LogP contribution in [-0.2, 0) is 12.8 Å². The Kier molecular flexibility index (Phi) is 5.90. The fraction of sp³-hybridized carbons (Fsp3) is 0.0476. The molecule has 48 heavy (non-hydrogen) atoms. The van der Waals surface area contributed by atoms with Gasteiger partial charge in [0.2, 0.25) is 0 Å².